The molecule has 0 saturated heterocycles. The largest absolute Gasteiger partial charge is 0.481 e. The molecule has 2 rings (SSSR count). The third-order valence-corrected chi connectivity index (χ3v) is 3.52. The highest BCUT2D eigenvalue weighted by Gasteiger charge is 2.17. The van der Waals surface area contributed by atoms with Crippen LogP contribution in [-0.2, 0) is 4.79 Å². The Hall–Kier alpha value is -2.03. The quantitative estimate of drug-likeness (QED) is 0.869. The van der Waals surface area contributed by atoms with E-state index < -0.39 is 5.97 Å². The lowest BCUT2D eigenvalue weighted by atomic mass is 10.1. The van der Waals surface area contributed by atoms with Crippen molar-refractivity contribution in [3.63, 3.8) is 0 Å². The van der Waals surface area contributed by atoms with Gasteiger partial charge in [0.25, 0.3) is 0 Å². The average molecular weight is 271 g/mol. The maximum absolute atomic E-state index is 11.1. The minimum Gasteiger partial charge on any atom is -0.481 e. The molecule has 1 unspecified atom stereocenters. The molecule has 0 heterocycles. The summed E-state index contributed by atoms with van der Waals surface area (Å²) in [4.78, 5) is 13.3. The van der Waals surface area contributed by atoms with Crippen molar-refractivity contribution in [3.05, 3.63) is 42.5 Å². The van der Waals surface area contributed by atoms with Gasteiger partial charge in [-0.05, 0) is 17.9 Å². The van der Waals surface area contributed by atoms with Crippen LogP contribution in [0.4, 0.5) is 5.69 Å². The topological polar surface area (TPSA) is 40.5 Å². The summed E-state index contributed by atoms with van der Waals surface area (Å²) in [5.41, 5.74) is 1.12. The first-order valence-electron chi connectivity index (χ1n) is 7.09. The molecule has 0 saturated carbocycles. The van der Waals surface area contributed by atoms with Gasteiger partial charge in [0, 0.05) is 24.2 Å². The van der Waals surface area contributed by atoms with E-state index in [1.807, 2.05) is 18.2 Å². The lowest BCUT2D eigenvalue weighted by Crippen LogP contribution is -2.32. The Kier molecular flexibility index (Phi) is 4.61. The van der Waals surface area contributed by atoms with Crippen molar-refractivity contribution in [3.8, 4) is 0 Å². The first-order valence-corrected chi connectivity index (χ1v) is 7.09. The molecule has 106 valence electrons. The van der Waals surface area contributed by atoms with Gasteiger partial charge in [0.15, 0.2) is 0 Å². The Labute approximate surface area is 119 Å². The molecule has 0 aromatic heterocycles. The van der Waals surface area contributed by atoms with Crippen LogP contribution in [0.25, 0.3) is 10.8 Å². The van der Waals surface area contributed by atoms with Crippen molar-refractivity contribution >= 4 is 22.4 Å². The van der Waals surface area contributed by atoms with Crippen molar-refractivity contribution in [2.75, 3.05) is 18.0 Å². The second-order valence-corrected chi connectivity index (χ2v) is 5.18. The van der Waals surface area contributed by atoms with Crippen LogP contribution < -0.4 is 4.90 Å². The average Bonchev–Trinajstić information content (AvgIpc) is 2.46. The molecule has 1 atom stereocenters. The SMILES string of the molecule is CCCN(CC(C)C(=O)O)c1cccc2ccccc12. The van der Waals surface area contributed by atoms with Crippen molar-refractivity contribution < 1.29 is 9.90 Å². The van der Waals surface area contributed by atoms with Crippen LogP contribution in [0.5, 0.6) is 0 Å². The number of anilines is 1. The highest BCUT2D eigenvalue weighted by Crippen LogP contribution is 2.27. The van der Waals surface area contributed by atoms with Crippen LogP contribution >= 0.6 is 0 Å². The Bertz CT molecular complexity index is 589. The number of hydrogen-bond acceptors (Lipinski definition) is 2. The fraction of sp³-hybridized carbons (Fsp3) is 0.353. The Morgan fingerprint density at radius 3 is 2.60 bits per heavy atom. The molecule has 3 heteroatoms. The number of carboxylic acid groups (broad SMARTS) is 1. The summed E-state index contributed by atoms with van der Waals surface area (Å²) < 4.78 is 0. The molecule has 0 aliphatic heterocycles. The number of rotatable bonds is 6. The van der Waals surface area contributed by atoms with E-state index >= 15 is 0 Å². The second kappa shape index (κ2) is 6.42. The van der Waals surface area contributed by atoms with Gasteiger partial charge >= 0.3 is 5.97 Å². The van der Waals surface area contributed by atoms with Gasteiger partial charge in [-0.2, -0.15) is 0 Å². The Morgan fingerprint density at radius 2 is 1.90 bits per heavy atom. The van der Waals surface area contributed by atoms with Crippen molar-refractivity contribution in [1.29, 1.82) is 0 Å². The number of aliphatic carboxylic acids is 1. The summed E-state index contributed by atoms with van der Waals surface area (Å²) in [5, 5.41) is 11.5. The lowest BCUT2D eigenvalue weighted by molar-refractivity contribution is -0.140. The maximum atomic E-state index is 11.1. The maximum Gasteiger partial charge on any atom is 0.308 e. The predicted octanol–water partition coefficient (Wildman–Crippen LogP) is 3.78. The van der Waals surface area contributed by atoms with E-state index in [-0.39, 0.29) is 5.92 Å². The smallest absolute Gasteiger partial charge is 0.308 e. The zero-order valence-corrected chi connectivity index (χ0v) is 12.0. The monoisotopic (exact) mass is 271 g/mol. The molecule has 0 fully saturated rings. The second-order valence-electron chi connectivity index (χ2n) is 5.18. The van der Waals surface area contributed by atoms with E-state index in [1.54, 1.807) is 6.92 Å². The van der Waals surface area contributed by atoms with Gasteiger partial charge in [-0.15, -0.1) is 0 Å². The fourth-order valence-corrected chi connectivity index (χ4v) is 2.47. The normalized spacial score (nSPS) is 12.3. The minimum absolute atomic E-state index is 0.375. The van der Waals surface area contributed by atoms with Gasteiger partial charge in [0.1, 0.15) is 0 Å². The van der Waals surface area contributed by atoms with Crippen LogP contribution in [0, 0.1) is 5.92 Å². The van der Waals surface area contributed by atoms with Gasteiger partial charge in [-0.25, -0.2) is 0 Å². The number of nitrogens with zero attached hydrogens (tertiary/aromatic N) is 1. The molecule has 0 aliphatic rings. The number of benzene rings is 2. The molecular formula is C17H21NO2. The summed E-state index contributed by atoms with van der Waals surface area (Å²) in [6.45, 7) is 5.28. The summed E-state index contributed by atoms with van der Waals surface area (Å²) in [7, 11) is 0. The third kappa shape index (κ3) is 3.10. The van der Waals surface area contributed by atoms with E-state index in [2.05, 4.69) is 36.1 Å². The molecule has 1 N–H and O–H groups in total. The molecule has 0 aliphatic carbocycles. The van der Waals surface area contributed by atoms with Gasteiger partial charge in [0.05, 0.1) is 5.92 Å². The third-order valence-electron chi connectivity index (χ3n) is 3.52. The van der Waals surface area contributed by atoms with E-state index in [4.69, 9.17) is 5.11 Å². The summed E-state index contributed by atoms with van der Waals surface area (Å²) in [5.74, 6) is -1.12. The van der Waals surface area contributed by atoms with Gasteiger partial charge in [0.2, 0.25) is 0 Å². The Morgan fingerprint density at radius 1 is 1.20 bits per heavy atom. The van der Waals surface area contributed by atoms with Gasteiger partial charge < -0.3 is 10.0 Å². The van der Waals surface area contributed by atoms with E-state index in [0.717, 1.165) is 18.7 Å². The van der Waals surface area contributed by atoms with E-state index in [0.29, 0.717) is 6.54 Å². The molecule has 2 aromatic rings. The first kappa shape index (κ1) is 14.4. The van der Waals surface area contributed by atoms with Crippen molar-refractivity contribution in [2.45, 2.75) is 20.3 Å². The van der Waals surface area contributed by atoms with Crippen molar-refractivity contribution in [1.82, 2.24) is 0 Å². The standard InChI is InChI=1S/C17H21NO2/c1-3-11-18(12-13(2)17(19)20)16-10-6-8-14-7-4-5-9-15(14)16/h4-10,13H,3,11-12H2,1-2H3,(H,19,20). The number of hydrogen-bond donors (Lipinski definition) is 1. The summed E-state index contributed by atoms with van der Waals surface area (Å²) >= 11 is 0. The number of carboxylic acids is 1. The fourth-order valence-electron chi connectivity index (χ4n) is 2.47. The molecule has 2 aromatic carbocycles. The van der Waals surface area contributed by atoms with Gasteiger partial charge in [-0.1, -0.05) is 50.2 Å². The number of carbonyl (C=O) groups is 1. The predicted molar refractivity (Wildman–Crippen MR) is 83.3 cm³/mol. The van der Waals surface area contributed by atoms with Crippen LogP contribution in [0.15, 0.2) is 42.5 Å². The highest BCUT2D eigenvalue weighted by atomic mass is 16.4. The Balaban J connectivity index is 2.38. The zero-order chi connectivity index (χ0) is 14.5. The van der Waals surface area contributed by atoms with E-state index in [1.165, 1.54) is 10.8 Å². The molecule has 0 spiro atoms. The van der Waals surface area contributed by atoms with Crippen LogP contribution in [0.1, 0.15) is 20.3 Å². The molecular weight excluding hydrogens is 250 g/mol. The summed E-state index contributed by atoms with van der Waals surface area (Å²) in [6, 6.07) is 14.4. The van der Waals surface area contributed by atoms with Crippen LogP contribution in [0.2, 0.25) is 0 Å². The lowest BCUT2D eigenvalue weighted by Gasteiger charge is -2.27. The molecule has 0 radical (unpaired) electrons. The zero-order valence-electron chi connectivity index (χ0n) is 12.0. The van der Waals surface area contributed by atoms with Gasteiger partial charge in [-0.3, -0.25) is 4.79 Å². The van der Waals surface area contributed by atoms with Crippen LogP contribution in [-0.4, -0.2) is 24.2 Å². The summed E-state index contributed by atoms with van der Waals surface area (Å²) in [6.07, 6.45) is 0.996. The molecule has 0 bridgehead atoms. The molecule has 20 heavy (non-hydrogen) atoms. The molecule has 3 nitrogen and oxygen atoms in total. The number of fused-ring (bicyclic) bond motifs is 1. The minimum atomic E-state index is -0.744. The first-order chi connectivity index (χ1) is 9.63. The van der Waals surface area contributed by atoms with E-state index in [9.17, 15) is 4.79 Å². The highest BCUT2D eigenvalue weighted by molar-refractivity contribution is 5.94. The van der Waals surface area contributed by atoms with Crippen molar-refractivity contribution in [2.24, 2.45) is 5.92 Å². The molecule has 0 amide bonds. The van der Waals surface area contributed by atoms with Crippen LogP contribution in [0.3, 0.4) is 0 Å².